The zero-order chi connectivity index (χ0) is 25.7. The van der Waals surface area contributed by atoms with Gasteiger partial charge < -0.3 is 4.90 Å². The molecule has 3 aromatic carbocycles. The van der Waals surface area contributed by atoms with Gasteiger partial charge in [-0.3, -0.25) is 29.4 Å². The first-order valence-electron chi connectivity index (χ1n) is 11.6. The van der Waals surface area contributed by atoms with Crippen molar-refractivity contribution in [3.8, 4) is 0 Å². The van der Waals surface area contributed by atoms with E-state index in [0.29, 0.717) is 36.1 Å². The van der Waals surface area contributed by atoms with E-state index in [1.807, 2.05) is 31.2 Å². The third-order valence-corrected chi connectivity index (χ3v) is 6.00. The maximum atomic E-state index is 13.1. The van der Waals surface area contributed by atoms with Gasteiger partial charge in [0, 0.05) is 37.0 Å². The van der Waals surface area contributed by atoms with Gasteiger partial charge in [-0.1, -0.05) is 42.0 Å². The molecule has 3 amide bonds. The predicted octanol–water partition coefficient (Wildman–Crippen LogP) is 5.03. The fraction of sp³-hybridized carbons (Fsp3) is 0.179. The third-order valence-electron chi connectivity index (χ3n) is 6.00. The number of anilines is 1. The van der Waals surface area contributed by atoms with Crippen LogP contribution in [0.3, 0.4) is 0 Å². The van der Waals surface area contributed by atoms with E-state index in [1.54, 1.807) is 47.4 Å². The minimum atomic E-state index is -0.480. The second-order valence-electron chi connectivity index (χ2n) is 8.53. The molecule has 1 aliphatic heterocycles. The molecule has 8 nitrogen and oxygen atoms in total. The van der Waals surface area contributed by atoms with Crippen molar-refractivity contribution < 1.29 is 19.3 Å². The summed E-state index contributed by atoms with van der Waals surface area (Å²) in [7, 11) is 0. The molecule has 0 radical (unpaired) electrons. The SMILES string of the molecule is Cc1ccc(N(CCCCN2C(=O)c3ccccc3C2=O)C(=O)/C=C/c2cccc([N+](=O)[O-])c2)cc1. The highest BCUT2D eigenvalue weighted by molar-refractivity contribution is 6.21. The third kappa shape index (κ3) is 5.38. The van der Waals surface area contributed by atoms with E-state index in [1.165, 1.54) is 23.1 Å². The monoisotopic (exact) mass is 483 g/mol. The van der Waals surface area contributed by atoms with E-state index in [0.717, 1.165) is 11.3 Å². The number of rotatable bonds is 9. The molecule has 0 fully saturated rings. The molecular formula is C28H25N3O5. The van der Waals surface area contributed by atoms with Gasteiger partial charge in [-0.2, -0.15) is 0 Å². The first kappa shape index (κ1) is 24.5. The summed E-state index contributed by atoms with van der Waals surface area (Å²) in [5.74, 6) is -0.852. The van der Waals surface area contributed by atoms with E-state index in [4.69, 9.17) is 0 Å². The van der Waals surface area contributed by atoms with Crippen molar-refractivity contribution >= 4 is 35.2 Å². The Hall–Kier alpha value is -4.59. The van der Waals surface area contributed by atoms with Gasteiger partial charge in [-0.15, -0.1) is 0 Å². The lowest BCUT2D eigenvalue weighted by Crippen LogP contribution is -2.33. The fourth-order valence-corrected chi connectivity index (χ4v) is 4.07. The number of carbonyl (C=O) groups is 3. The normalized spacial score (nSPS) is 12.8. The number of carbonyl (C=O) groups excluding carboxylic acids is 3. The van der Waals surface area contributed by atoms with Crippen LogP contribution in [0.4, 0.5) is 11.4 Å². The average molecular weight is 484 g/mol. The zero-order valence-electron chi connectivity index (χ0n) is 19.8. The molecule has 1 aliphatic rings. The first-order valence-corrected chi connectivity index (χ1v) is 11.6. The number of imide groups is 1. The van der Waals surface area contributed by atoms with Gasteiger partial charge >= 0.3 is 0 Å². The lowest BCUT2D eigenvalue weighted by molar-refractivity contribution is -0.384. The Morgan fingerprint density at radius 3 is 2.25 bits per heavy atom. The Morgan fingerprint density at radius 1 is 0.944 bits per heavy atom. The number of hydrogen-bond acceptors (Lipinski definition) is 5. The Morgan fingerprint density at radius 2 is 1.61 bits per heavy atom. The minimum absolute atomic E-state index is 0.0480. The molecule has 36 heavy (non-hydrogen) atoms. The molecule has 182 valence electrons. The van der Waals surface area contributed by atoms with Gasteiger partial charge in [0.05, 0.1) is 16.1 Å². The van der Waals surface area contributed by atoms with E-state index in [9.17, 15) is 24.5 Å². The lowest BCUT2D eigenvalue weighted by atomic mass is 10.1. The maximum Gasteiger partial charge on any atom is 0.270 e. The highest BCUT2D eigenvalue weighted by Crippen LogP contribution is 2.23. The number of benzene rings is 3. The molecule has 1 heterocycles. The summed E-state index contributed by atoms with van der Waals surface area (Å²) >= 11 is 0. The topological polar surface area (TPSA) is 101 Å². The number of unbranched alkanes of at least 4 members (excludes halogenated alkanes) is 1. The largest absolute Gasteiger partial charge is 0.309 e. The smallest absolute Gasteiger partial charge is 0.270 e. The molecule has 0 bridgehead atoms. The number of fused-ring (bicyclic) bond motifs is 1. The standard InChI is InChI=1S/C28H25N3O5/c1-20-11-14-22(15-12-20)29(26(32)16-13-21-7-6-8-23(19-21)31(35)36)17-4-5-18-30-27(33)24-9-2-3-10-25(24)28(30)34/h2-3,6-16,19H,4-5,17-18H2,1H3/b16-13+. The van der Waals surface area contributed by atoms with Crippen LogP contribution in [0.1, 0.15) is 44.7 Å². The van der Waals surface area contributed by atoms with Crippen LogP contribution >= 0.6 is 0 Å². The number of nitrogens with zero attached hydrogens (tertiary/aromatic N) is 3. The molecule has 0 N–H and O–H groups in total. The van der Waals surface area contributed by atoms with Gasteiger partial charge in [0.1, 0.15) is 0 Å². The summed E-state index contributed by atoms with van der Waals surface area (Å²) in [6.07, 6.45) is 4.05. The predicted molar refractivity (Wildman–Crippen MR) is 137 cm³/mol. The molecule has 0 saturated heterocycles. The number of amides is 3. The molecule has 3 aromatic rings. The molecule has 0 aliphatic carbocycles. The summed E-state index contributed by atoms with van der Waals surface area (Å²) in [5.41, 5.74) is 3.12. The van der Waals surface area contributed by atoms with Gasteiger partial charge in [-0.25, -0.2) is 0 Å². The Balaban J connectivity index is 1.42. The second-order valence-corrected chi connectivity index (χ2v) is 8.53. The number of aryl methyl sites for hydroxylation is 1. The lowest BCUT2D eigenvalue weighted by Gasteiger charge is -2.22. The van der Waals surface area contributed by atoms with Crippen LogP contribution in [-0.4, -0.2) is 40.6 Å². The van der Waals surface area contributed by atoms with Crippen LogP contribution in [0.2, 0.25) is 0 Å². The van der Waals surface area contributed by atoms with E-state index < -0.39 is 4.92 Å². The van der Waals surface area contributed by atoms with Crippen LogP contribution in [0.15, 0.2) is 78.9 Å². The van der Waals surface area contributed by atoms with E-state index in [-0.39, 0.29) is 30.0 Å². The molecule has 0 saturated carbocycles. The summed E-state index contributed by atoms with van der Waals surface area (Å²) < 4.78 is 0. The number of hydrogen-bond donors (Lipinski definition) is 0. The van der Waals surface area contributed by atoms with Crippen molar-refractivity contribution in [2.45, 2.75) is 19.8 Å². The van der Waals surface area contributed by atoms with Crippen molar-refractivity contribution in [3.05, 3.63) is 111 Å². The molecular weight excluding hydrogens is 458 g/mol. The molecule has 0 aromatic heterocycles. The fourth-order valence-electron chi connectivity index (χ4n) is 4.07. The van der Waals surface area contributed by atoms with Gasteiger partial charge in [0.15, 0.2) is 0 Å². The summed E-state index contributed by atoms with van der Waals surface area (Å²) in [4.78, 5) is 51.7. The van der Waals surface area contributed by atoms with E-state index >= 15 is 0 Å². The van der Waals surface area contributed by atoms with Crippen LogP contribution in [0.25, 0.3) is 6.08 Å². The maximum absolute atomic E-state index is 13.1. The highest BCUT2D eigenvalue weighted by Gasteiger charge is 2.34. The van der Waals surface area contributed by atoms with Crippen LogP contribution in [0.5, 0.6) is 0 Å². The molecule has 0 atom stereocenters. The van der Waals surface area contributed by atoms with Gasteiger partial charge in [0.2, 0.25) is 0 Å². The summed E-state index contributed by atoms with van der Waals surface area (Å²) in [5, 5.41) is 11.0. The zero-order valence-corrected chi connectivity index (χ0v) is 19.8. The van der Waals surface area contributed by atoms with Crippen LogP contribution in [0, 0.1) is 17.0 Å². The second kappa shape index (κ2) is 10.8. The molecule has 0 unspecified atom stereocenters. The first-order chi connectivity index (χ1) is 17.3. The van der Waals surface area contributed by atoms with Crippen molar-refractivity contribution in [1.29, 1.82) is 0 Å². The Kier molecular flexibility index (Phi) is 7.34. The van der Waals surface area contributed by atoms with Crippen molar-refractivity contribution in [2.24, 2.45) is 0 Å². The number of nitro groups is 1. The van der Waals surface area contributed by atoms with Crippen molar-refractivity contribution in [3.63, 3.8) is 0 Å². The summed E-state index contributed by atoms with van der Waals surface area (Å²) in [6.45, 7) is 2.61. The number of non-ortho nitro benzene ring substituents is 1. The van der Waals surface area contributed by atoms with Crippen molar-refractivity contribution in [2.75, 3.05) is 18.0 Å². The summed E-state index contributed by atoms with van der Waals surface area (Å²) in [6, 6.07) is 20.4. The number of nitro benzene ring substituents is 1. The quantitative estimate of drug-likeness (QED) is 0.140. The molecule has 8 heteroatoms. The van der Waals surface area contributed by atoms with Gasteiger partial charge in [-0.05, 0) is 55.7 Å². The van der Waals surface area contributed by atoms with Crippen LogP contribution in [-0.2, 0) is 4.79 Å². The average Bonchev–Trinajstić information content (AvgIpc) is 3.13. The molecule has 0 spiro atoms. The Labute approximate surface area is 208 Å². The van der Waals surface area contributed by atoms with Crippen LogP contribution < -0.4 is 4.90 Å². The van der Waals surface area contributed by atoms with Crippen molar-refractivity contribution in [1.82, 2.24) is 4.90 Å². The van der Waals surface area contributed by atoms with Gasteiger partial charge in [0.25, 0.3) is 23.4 Å². The molecule has 4 rings (SSSR count). The van der Waals surface area contributed by atoms with E-state index in [2.05, 4.69) is 0 Å². The highest BCUT2D eigenvalue weighted by atomic mass is 16.6. The minimum Gasteiger partial charge on any atom is -0.309 e. The Bertz CT molecular complexity index is 1310.